The lowest BCUT2D eigenvalue weighted by Crippen LogP contribution is -1.76. The van der Waals surface area contributed by atoms with Crippen molar-refractivity contribution in [2.75, 3.05) is 12.4 Å². The van der Waals surface area contributed by atoms with Gasteiger partial charge in [0.25, 0.3) is 5.19 Å². The molecule has 0 saturated carbocycles. The molecular weight excluding hydrogens is 226 g/mol. The van der Waals surface area contributed by atoms with Gasteiger partial charge in [0.1, 0.15) is 0 Å². The molecule has 1 aromatic rings. The van der Waals surface area contributed by atoms with Crippen LogP contribution in [0.15, 0.2) is 12.8 Å². The molecule has 0 atom stereocenters. The van der Waals surface area contributed by atoms with Crippen molar-refractivity contribution < 1.29 is 4.74 Å². The van der Waals surface area contributed by atoms with E-state index in [4.69, 9.17) is 4.74 Å². The number of methoxy groups -OCH3 is 1. The van der Waals surface area contributed by atoms with Gasteiger partial charge < -0.3 is 4.74 Å². The predicted molar refractivity (Wildman–Crippen MR) is 51.5 cm³/mol. The van der Waals surface area contributed by atoms with Crippen LogP contribution in [0.25, 0.3) is 5.57 Å². The summed E-state index contributed by atoms with van der Waals surface area (Å²) in [5.41, 5.74) is 1.03. The fourth-order valence-corrected chi connectivity index (χ4v) is 1.77. The normalized spacial score (nSPS) is 9.64. The van der Waals surface area contributed by atoms with E-state index in [1.807, 2.05) is 0 Å². The van der Waals surface area contributed by atoms with Crippen molar-refractivity contribution in [2.24, 2.45) is 0 Å². The van der Waals surface area contributed by atoms with Crippen molar-refractivity contribution in [3.05, 3.63) is 17.7 Å². The fraction of sp³-hybridized carbons (Fsp3) is 0.286. The second kappa shape index (κ2) is 3.88. The molecule has 0 aliphatic carbocycles. The standard InChI is InChI=1S/C7H8BrNOS/c1-5(3-8)6-4-9-7(10-2)11-6/h4H,1,3H2,2H3. The number of hydrogen-bond donors (Lipinski definition) is 0. The first-order valence-electron chi connectivity index (χ1n) is 3.02. The summed E-state index contributed by atoms with van der Waals surface area (Å²) < 4.78 is 4.94. The van der Waals surface area contributed by atoms with E-state index >= 15 is 0 Å². The van der Waals surface area contributed by atoms with Crippen LogP contribution in [0.1, 0.15) is 4.88 Å². The van der Waals surface area contributed by atoms with Gasteiger partial charge in [-0.2, -0.15) is 0 Å². The highest BCUT2D eigenvalue weighted by atomic mass is 79.9. The molecule has 0 aliphatic rings. The second-order valence-electron chi connectivity index (χ2n) is 1.93. The van der Waals surface area contributed by atoms with Crippen LogP contribution in [-0.2, 0) is 0 Å². The molecular formula is C7H8BrNOS. The largest absolute Gasteiger partial charge is 0.473 e. The molecule has 0 aromatic carbocycles. The maximum absolute atomic E-state index is 4.94. The molecule has 2 nitrogen and oxygen atoms in total. The van der Waals surface area contributed by atoms with E-state index in [2.05, 4.69) is 27.5 Å². The monoisotopic (exact) mass is 233 g/mol. The summed E-state index contributed by atoms with van der Waals surface area (Å²) in [4.78, 5) is 5.09. The molecule has 1 aromatic heterocycles. The van der Waals surface area contributed by atoms with Crippen LogP contribution in [0.4, 0.5) is 0 Å². The van der Waals surface area contributed by atoms with Gasteiger partial charge in [0, 0.05) is 11.5 Å². The highest BCUT2D eigenvalue weighted by molar-refractivity contribution is 9.09. The minimum atomic E-state index is 0.683. The van der Waals surface area contributed by atoms with Crippen LogP contribution in [0, 0.1) is 0 Å². The van der Waals surface area contributed by atoms with Crippen molar-refractivity contribution in [1.82, 2.24) is 4.98 Å². The van der Waals surface area contributed by atoms with Crippen molar-refractivity contribution in [1.29, 1.82) is 0 Å². The lowest BCUT2D eigenvalue weighted by molar-refractivity contribution is 0.412. The lowest BCUT2D eigenvalue weighted by Gasteiger charge is -1.92. The molecule has 0 bridgehead atoms. The van der Waals surface area contributed by atoms with Gasteiger partial charge in [-0.3, -0.25) is 0 Å². The second-order valence-corrected chi connectivity index (χ2v) is 3.49. The molecule has 0 N–H and O–H groups in total. The van der Waals surface area contributed by atoms with Gasteiger partial charge in [0.05, 0.1) is 12.0 Å². The Morgan fingerprint density at radius 1 is 1.91 bits per heavy atom. The third-order valence-electron chi connectivity index (χ3n) is 1.17. The lowest BCUT2D eigenvalue weighted by atomic mass is 10.3. The minimum absolute atomic E-state index is 0.683. The van der Waals surface area contributed by atoms with Crippen molar-refractivity contribution in [3.63, 3.8) is 0 Å². The average Bonchev–Trinajstić information content (AvgIpc) is 2.50. The maximum Gasteiger partial charge on any atom is 0.273 e. The van der Waals surface area contributed by atoms with Gasteiger partial charge in [-0.25, -0.2) is 4.98 Å². The Hall–Kier alpha value is -0.350. The molecule has 0 unspecified atom stereocenters. The van der Waals surface area contributed by atoms with Crippen molar-refractivity contribution >= 4 is 32.8 Å². The topological polar surface area (TPSA) is 22.1 Å². The Labute approximate surface area is 78.0 Å². The summed E-state index contributed by atoms with van der Waals surface area (Å²) in [5.74, 6) is 0. The Bertz CT molecular complexity index is 259. The molecule has 0 aliphatic heterocycles. The number of nitrogens with zero attached hydrogens (tertiary/aromatic N) is 1. The quantitative estimate of drug-likeness (QED) is 0.750. The van der Waals surface area contributed by atoms with E-state index in [1.54, 1.807) is 13.3 Å². The Kier molecular flexibility index (Phi) is 3.08. The van der Waals surface area contributed by atoms with Crippen LogP contribution >= 0.6 is 27.3 Å². The summed E-state index contributed by atoms with van der Waals surface area (Å²) in [6.07, 6.45) is 1.77. The summed E-state index contributed by atoms with van der Waals surface area (Å²) in [6, 6.07) is 0. The third-order valence-corrected chi connectivity index (χ3v) is 2.91. The Morgan fingerprint density at radius 3 is 3.09 bits per heavy atom. The average molecular weight is 234 g/mol. The zero-order chi connectivity index (χ0) is 8.27. The summed E-state index contributed by atoms with van der Waals surface area (Å²) in [7, 11) is 1.61. The molecule has 1 rings (SSSR count). The zero-order valence-corrected chi connectivity index (χ0v) is 8.54. The molecule has 60 valence electrons. The number of aromatic nitrogens is 1. The SMILES string of the molecule is C=C(CBr)c1cnc(OC)s1. The van der Waals surface area contributed by atoms with Crippen LogP contribution in [0.2, 0.25) is 0 Å². The van der Waals surface area contributed by atoms with Crippen LogP contribution in [0.5, 0.6) is 5.19 Å². The number of thiazole rings is 1. The highest BCUT2D eigenvalue weighted by Gasteiger charge is 2.03. The molecule has 0 saturated heterocycles. The van der Waals surface area contributed by atoms with E-state index in [9.17, 15) is 0 Å². The number of alkyl halides is 1. The molecule has 4 heteroatoms. The van der Waals surface area contributed by atoms with E-state index in [-0.39, 0.29) is 0 Å². The van der Waals surface area contributed by atoms with Crippen molar-refractivity contribution in [3.8, 4) is 5.19 Å². The van der Waals surface area contributed by atoms with Crippen LogP contribution in [-0.4, -0.2) is 17.4 Å². The third kappa shape index (κ3) is 2.04. The molecule has 0 spiro atoms. The van der Waals surface area contributed by atoms with Gasteiger partial charge >= 0.3 is 0 Å². The van der Waals surface area contributed by atoms with E-state index in [0.717, 1.165) is 15.8 Å². The smallest absolute Gasteiger partial charge is 0.273 e. The first-order valence-corrected chi connectivity index (χ1v) is 4.95. The molecule has 0 fully saturated rings. The maximum atomic E-state index is 4.94. The minimum Gasteiger partial charge on any atom is -0.473 e. The number of hydrogen-bond acceptors (Lipinski definition) is 3. The number of allylic oxidation sites excluding steroid dienone is 1. The number of halogens is 1. The predicted octanol–water partition coefficient (Wildman–Crippen LogP) is 2.56. The first-order chi connectivity index (χ1) is 5.27. The first kappa shape index (κ1) is 8.74. The van der Waals surface area contributed by atoms with E-state index in [0.29, 0.717) is 5.19 Å². The summed E-state index contributed by atoms with van der Waals surface area (Å²) in [5, 5.41) is 1.46. The molecule has 1 heterocycles. The van der Waals surface area contributed by atoms with E-state index in [1.165, 1.54) is 11.3 Å². The Morgan fingerprint density at radius 2 is 2.64 bits per heavy atom. The number of ether oxygens (including phenoxy) is 1. The van der Waals surface area contributed by atoms with Crippen LogP contribution < -0.4 is 4.74 Å². The van der Waals surface area contributed by atoms with Gasteiger partial charge in [-0.15, -0.1) is 0 Å². The zero-order valence-electron chi connectivity index (χ0n) is 6.13. The number of rotatable bonds is 3. The van der Waals surface area contributed by atoms with Gasteiger partial charge in [-0.1, -0.05) is 33.8 Å². The summed E-state index contributed by atoms with van der Waals surface area (Å²) in [6.45, 7) is 3.86. The summed E-state index contributed by atoms with van der Waals surface area (Å²) >= 11 is 4.82. The van der Waals surface area contributed by atoms with Crippen LogP contribution in [0.3, 0.4) is 0 Å². The molecule has 0 radical (unpaired) electrons. The van der Waals surface area contributed by atoms with Gasteiger partial charge in [0.2, 0.25) is 0 Å². The van der Waals surface area contributed by atoms with Gasteiger partial charge in [0.15, 0.2) is 0 Å². The fourth-order valence-electron chi connectivity index (χ4n) is 0.582. The highest BCUT2D eigenvalue weighted by Crippen LogP contribution is 2.26. The molecule has 11 heavy (non-hydrogen) atoms. The van der Waals surface area contributed by atoms with E-state index < -0.39 is 0 Å². The Balaban J connectivity index is 2.80. The molecule has 0 amide bonds. The van der Waals surface area contributed by atoms with Gasteiger partial charge in [-0.05, 0) is 5.57 Å². The van der Waals surface area contributed by atoms with Crippen molar-refractivity contribution in [2.45, 2.75) is 0 Å².